The van der Waals surface area contributed by atoms with Gasteiger partial charge in [-0.2, -0.15) is 0 Å². The summed E-state index contributed by atoms with van der Waals surface area (Å²) in [6, 6.07) is 5.44. The average Bonchev–Trinajstić information content (AvgIpc) is 3.22. The molecule has 2 atom stereocenters. The molecule has 3 heterocycles. The monoisotopic (exact) mass is 472 g/mol. The molecule has 0 saturated heterocycles. The van der Waals surface area contributed by atoms with Gasteiger partial charge in [0, 0.05) is 25.8 Å². The van der Waals surface area contributed by atoms with Crippen molar-refractivity contribution in [1.82, 2.24) is 19.7 Å². The van der Waals surface area contributed by atoms with Gasteiger partial charge in [0.2, 0.25) is 5.43 Å². The highest BCUT2D eigenvalue weighted by Crippen LogP contribution is 2.34. The van der Waals surface area contributed by atoms with E-state index in [1.807, 2.05) is 20.8 Å². The smallest absolute Gasteiger partial charge is 0.275 e. The predicted octanol–water partition coefficient (Wildman–Crippen LogP) is 3.24. The highest BCUT2D eigenvalue weighted by Gasteiger charge is 2.41. The summed E-state index contributed by atoms with van der Waals surface area (Å²) in [6.07, 6.45) is 2.00. The van der Waals surface area contributed by atoms with E-state index in [-0.39, 0.29) is 35.2 Å². The Bertz CT molecular complexity index is 1240. The summed E-state index contributed by atoms with van der Waals surface area (Å²) in [5.74, 6) is -1.33. The van der Waals surface area contributed by atoms with Crippen LogP contribution in [0, 0.1) is 5.82 Å². The summed E-state index contributed by atoms with van der Waals surface area (Å²) in [6.45, 7) is 5.99. The summed E-state index contributed by atoms with van der Waals surface area (Å²) in [5, 5.41) is 20.1. The van der Waals surface area contributed by atoms with Crippen LogP contribution in [0.15, 0.2) is 35.3 Å². The number of methoxy groups -OCH3 is 1. The molecule has 0 radical (unpaired) electrons. The molecule has 3 aromatic rings. The molecule has 0 aliphatic carbocycles. The second-order valence-electron chi connectivity index (χ2n) is 8.35. The molecule has 0 unspecified atom stereocenters. The van der Waals surface area contributed by atoms with Gasteiger partial charge in [-0.25, -0.2) is 4.39 Å². The van der Waals surface area contributed by atoms with Crippen LogP contribution in [0.3, 0.4) is 0 Å². The Morgan fingerprint density at radius 2 is 1.91 bits per heavy atom. The molecule has 1 aliphatic heterocycles. The molecule has 1 amide bonds. The largest absolute Gasteiger partial charge is 0.503 e. The van der Waals surface area contributed by atoms with E-state index < -0.39 is 17.1 Å². The number of fused-ring (bicyclic) bond motifs is 1. The first-order valence-electron chi connectivity index (χ1n) is 10.6. The molecular formula is C23H25FN4O4S. The lowest BCUT2D eigenvalue weighted by Crippen LogP contribution is -2.54. The van der Waals surface area contributed by atoms with Gasteiger partial charge >= 0.3 is 0 Å². The number of carbonyl (C=O) groups excluding carboxylic acids is 1. The maximum atomic E-state index is 13.2. The Labute approximate surface area is 194 Å². The number of ether oxygens (including phenoxy) is 1. The van der Waals surface area contributed by atoms with Gasteiger partial charge < -0.3 is 19.3 Å². The molecule has 2 aromatic heterocycles. The van der Waals surface area contributed by atoms with Crippen molar-refractivity contribution in [2.24, 2.45) is 0 Å². The molecule has 1 aromatic carbocycles. The quantitative estimate of drug-likeness (QED) is 0.592. The third-order valence-corrected chi connectivity index (χ3v) is 6.82. The minimum atomic E-state index is -0.673. The van der Waals surface area contributed by atoms with Gasteiger partial charge in [-0.3, -0.25) is 9.59 Å². The Morgan fingerprint density at radius 3 is 2.55 bits per heavy atom. The van der Waals surface area contributed by atoms with E-state index in [1.54, 1.807) is 34.9 Å². The molecule has 0 saturated carbocycles. The molecule has 174 valence electrons. The fourth-order valence-electron chi connectivity index (χ4n) is 4.28. The predicted molar refractivity (Wildman–Crippen MR) is 122 cm³/mol. The lowest BCUT2D eigenvalue weighted by Gasteiger charge is -2.43. The lowest BCUT2D eigenvalue weighted by atomic mass is 9.99. The van der Waals surface area contributed by atoms with Crippen LogP contribution in [0.2, 0.25) is 0 Å². The summed E-state index contributed by atoms with van der Waals surface area (Å²) >= 11 is 1.21. The molecule has 10 heteroatoms. The van der Waals surface area contributed by atoms with Gasteiger partial charge in [0.05, 0.1) is 24.3 Å². The van der Waals surface area contributed by atoms with Gasteiger partial charge in [0.15, 0.2) is 16.5 Å². The number of hydrogen-bond acceptors (Lipinski definition) is 7. The SMILES string of the molecule is COC[C@H]1[C@@H](C)N(C(C)C)C(=O)c2c(O)c(=O)c(-c3nnc(Cc4ccc(F)cc4)s3)cn21. The van der Waals surface area contributed by atoms with Crippen molar-refractivity contribution in [2.45, 2.75) is 45.3 Å². The van der Waals surface area contributed by atoms with Crippen molar-refractivity contribution in [3.8, 4) is 16.3 Å². The number of aromatic hydroxyl groups is 1. The zero-order chi connectivity index (χ0) is 23.9. The molecule has 4 rings (SSSR count). The summed E-state index contributed by atoms with van der Waals surface area (Å²) in [4.78, 5) is 27.9. The van der Waals surface area contributed by atoms with Crippen molar-refractivity contribution >= 4 is 17.2 Å². The Kier molecular flexibility index (Phi) is 6.31. The number of carbonyl (C=O) groups is 1. The number of benzene rings is 1. The van der Waals surface area contributed by atoms with Gasteiger partial charge in [0.25, 0.3) is 5.91 Å². The van der Waals surface area contributed by atoms with Crippen LogP contribution in [-0.2, 0) is 11.2 Å². The highest BCUT2D eigenvalue weighted by atomic mass is 32.1. The summed E-state index contributed by atoms with van der Waals surface area (Å²) < 4.78 is 20.2. The van der Waals surface area contributed by atoms with Gasteiger partial charge in [0.1, 0.15) is 10.8 Å². The molecule has 0 bridgehead atoms. The third-order valence-electron chi connectivity index (χ3n) is 5.86. The van der Waals surface area contributed by atoms with E-state index in [2.05, 4.69) is 10.2 Å². The number of rotatable bonds is 6. The van der Waals surface area contributed by atoms with Gasteiger partial charge in [-0.05, 0) is 38.5 Å². The fourth-order valence-corrected chi connectivity index (χ4v) is 5.16. The van der Waals surface area contributed by atoms with Crippen LogP contribution in [-0.4, -0.2) is 56.5 Å². The van der Waals surface area contributed by atoms with Crippen molar-refractivity contribution in [3.63, 3.8) is 0 Å². The zero-order valence-electron chi connectivity index (χ0n) is 18.8. The minimum Gasteiger partial charge on any atom is -0.503 e. The maximum Gasteiger partial charge on any atom is 0.275 e. The Balaban J connectivity index is 1.77. The van der Waals surface area contributed by atoms with E-state index in [0.717, 1.165) is 5.56 Å². The third kappa shape index (κ3) is 4.16. The number of halogens is 1. The highest BCUT2D eigenvalue weighted by molar-refractivity contribution is 7.14. The molecule has 0 spiro atoms. The summed E-state index contributed by atoms with van der Waals surface area (Å²) in [7, 11) is 1.57. The first-order valence-corrected chi connectivity index (χ1v) is 11.4. The average molecular weight is 473 g/mol. The van der Waals surface area contributed by atoms with Crippen molar-refractivity contribution in [2.75, 3.05) is 13.7 Å². The van der Waals surface area contributed by atoms with Crippen LogP contribution in [0.25, 0.3) is 10.6 Å². The maximum absolute atomic E-state index is 13.2. The van der Waals surface area contributed by atoms with Crippen LogP contribution < -0.4 is 5.43 Å². The topological polar surface area (TPSA) is 97.6 Å². The van der Waals surface area contributed by atoms with Gasteiger partial charge in [-0.1, -0.05) is 23.5 Å². The number of nitrogens with zero attached hydrogens (tertiary/aromatic N) is 4. The second kappa shape index (κ2) is 9.03. The van der Waals surface area contributed by atoms with Crippen molar-refractivity contribution in [1.29, 1.82) is 0 Å². The van der Waals surface area contributed by atoms with E-state index in [9.17, 15) is 19.1 Å². The number of amides is 1. The van der Waals surface area contributed by atoms with Crippen LogP contribution in [0.1, 0.15) is 47.9 Å². The number of hydrogen-bond donors (Lipinski definition) is 1. The molecule has 1 aliphatic rings. The minimum absolute atomic E-state index is 0.0475. The van der Waals surface area contributed by atoms with Crippen molar-refractivity contribution < 1.29 is 19.0 Å². The molecule has 0 fully saturated rings. The lowest BCUT2D eigenvalue weighted by molar-refractivity contribution is 0.0314. The standard InChI is InChI=1S/C23H25FN4O4S/c1-12(2)28-13(3)17(11-32-4)27-10-16(20(29)21(30)19(27)23(28)31)22-26-25-18(33-22)9-14-5-7-15(24)8-6-14/h5-8,10,12-13,17,30H,9,11H2,1-4H3/t13-,17+/m1/s1. The molecule has 33 heavy (non-hydrogen) atoms. The first kappa shape index (κ1) is 23.1. The number of pyridine rings is 1. The molecular weight excluding hydrogens is 447 g/mol. The molecule has 8 nitrogen and oxygen atoms in total. The normalized spacial score (nSPS) is 18.1. The van der Waals surface area contributed by atoms with E-state index in [0.29, 0.717) is 23.0 Å². The van der Waals surface area contributed by atoms with Gasteiger partial charge in [-0.15, -0.1) is 10.2 Å². The molecule has 1 N–H and O–H groups in total. The fraction of sp³-hybridized carbons (Fsp3) is 0.391. The van der Waals surface area contributed by atoms with Crippen molar-refractivity contribution in [3.05, 3.63) is 62.8 Å². The van der Waals surface area contributed by atoms with E-state index in [4.69, 9.17) is 4.74 Å². The Morgan fingerprint density at radius 1 is 1.21 bits per heavy atom. The first-order chi connectivity index (χ1) is 15.7. The summed E-state index contributed by atoms with van der Waals surface area (Å²) in [5.41, 5.74) is 0.304. The Hall–Kier alpha value is -3.11. The number of aromatic nitrogens is 3. The van der Waals surface area contributed by atoms with Crippen LogP contribution in [0.4, 0.5) is 4.39 Å². The van der Waals surface area contributed by atoms with E-state index >= 15 is 0 Å². The van der Waals surface area contributed by atoms with Crippen LogP contribution >= 0.6 is 11.3 Å². The second-order valence-corrected chi connectivity index (χ2v) is 9.41. The van der Waals surface area contributed by atoms with E-state index in [1.165, 1.54) is 23.5 Å². The van der Waals surface area contributed by atoms with Crippen LogP contribution in [0.5, 0.6) is 5.75 Å². The zero-order valence-corrected chi connectivity index (χ0v) is 19.6.